The summed E-state index contributed by atoms with van der Waals surface area (Å²) in [6.45, 7) is 3.83. The fourth-order valence-corrected chi connectivity index (χ4v) is 2.17. The van der Waals surface area contributed by atoms with E-state index < -0.39 is 0 Å². The highest BCUT2D eigenvalue weighted by atomic mass is 32.1. The summed E-state index contributed by atoms with van der Waals surface area (Å²) >= 11 is 1.35. The van der Waals surface area contributed by atoms with Crippen molar-refractivity contribution in [1.82, 2.24) is 4.98 Å². The van der Waals surface area contributed by atoms with E-state index in [1.165, 1.54) is 11.3 Å². The minimum Gasteiger partial charge on any atom is -0.326 e. The van der Waals surface area contributed by atoms with Crippen molar-refractivity contribution in [3.8, 4) is 0 Å². The molecule has 0 saturated heterocycles. The number of thiazole rings is 1. The molecular formula is C15H17N3O2S. The van der Waals surface area contributed by atoms with E-state index in [4.69, 9.17) is 0 Å². The number of rotatable bonds is 5. The molecule has 0 aliphatic heterocycles. The lowest BCUT2D eigenvalue weighted by molar-refractivity contribution is -0.119. The van der Waals surface area contributed by atoms with Gasteiger partial charge >= 0.3 is 0 Å². The minimum absolute atomic E-state index is 0.0463. The van der Waals surface area contributed by atoms with Crippen LogP contribution in [0.3, 0.4) is 0 Å². The molecule has 0 fully saturated rings. The van der Waals surface area contributed by atoms with Crippen molar-refractivity contribution < 1.29 is 9.59 Å². The number of carbonyl (C=O) groups is 2. The van der Waals surface area contributed by atoms with Crippen molar-refractivity contribution in [2.45, 2.75) is 20.3 Å². The SMILES string of the molecule is CC[C@@H](C)C(=O)Nc1cccc(C(=O)Nc2nccs2)c1. The van der Waals surface area contributed by atoms with Gasteiger partial charge in [0.25, 0.3) is 5.91 Å². The van der Waals surface area contributed by atoms with E-state index >= 15 is 0 Å². The van der Waals surface area contributed by atoms with Gasteiger partial charge < -0.3 is 5.32 Å². The Kier molecular flexibility index (Phi) is 5.05. The lowest BCUT2D eigenvalue weighted by atomic mass is 10.1. The van der Waals surface area contributed by atoms with Crippen molar-refractivity contribution in [1.29, 1.82) is 0 Å². The van der Waals surface area contributed by atoms with Crippen LogP contribution in [0.5, 0.6) is 0 Å². The average molecular weight is 303 g/mol. The average Bonchev–Trinajstić information content (AvgIpc) is 2.99. The van der Waals surface area contributed by atoms with Crippen molar-refractivity contribution >= 4 is 34.0 Å². The highest BCUT2D eigenvalue weighted by molar-refractivity contribution is 7.13. The molecule has 0 aliphatic carbocycles. The summed E-state index contributed by atoms with van der Waals surface area (Å²) in [6, 6.07) is 6.86. The van der Waals surface area contributed by atoms with Gasteiger partial charge in [-0.3, -0.25) is 14.9 Å². The van der Waals surface area contributed by atoms with E-state index in [1.54, 1.807) is 35.8 Å². The van der Waals surface area contributed by atoms with Crippen LogP contribution in [0.1, 0.15) is 30.6 Å². The second-order valence-electron chi connectivity index (χ2n) is 4.67. The van der Waals surface area contributed by atoms with Crippen LogP contribution in [0, 0.1) is 5.92 Å². The van der Waals surface area contributed by atoms with Crippen LogP contribution in [-0.2, 0) is 4.79 Å². The molecule has 1 aromatic heterocycles. The number of hydrogen-bond donors (Lipinski definition) is 2. The fourth-order valence-electron chi connectivity index (χ4n) is 1.64. The van der Waals surface area contributed by atoms with Crippen molar-refractivity contribution in [3.05, 3.63) is 41.4 Å². The Morgan fingerprint density at radius 1 is 1.33 bits per heavy atom. The molecule has 1 aromatic carbocycles. The second-order valence-corrected chi connectivity index (χ2v) is 5.57. The normalized spacial score (nSPS) is 11.7. The first-order chi connectivity index (χ1) is 10.1. The van der Waals surface area contributed by atoms with E-state index in [0.29, 0.717) is 16.4 Å². The number of hydrogen-bond acceptors (Lipinski definition) is 4. The summed E-state index contributed by atoms with van der Waals surface area (Å²) in [5.74, 6) is -0.350. The monoisotopic (exact) mass is 303 g/mol. The molecule has 21 heavy (non-hydrogen) atoms. The zero-order chi connectivity index (χ0) is 15.2. The number of amides is 2. The fraction of sp³-hybridized carbons (Fsp3) is 0.267. The highest BCUT2D eigenvalue weighted by Gasteiger charge is 2.12. The van der Waals surface area contributed by atoms with Crippen molar-refractivity contribution in [3.63, 3.8) is 0 Å². The molecule has 6 heteroatoms. The molecule has 0 saturated carbocycles. The zero-order valence-corrected chi connectivity index (χ0v) is 12.7. The summed E-state index contributed by atoms with van der Waals surface area (Å²) in [5, 5.41) is 7.86. The van der Waals surface area contributed by atoms with Gasteiger partial charge in [-0.15, -0.1) is 11.3 Å². The first-order valence-corrected chi connectivity index (χ1v) is 7.60. The van der Waals surface area contributed by atoms with E-state index in [9.17, 15) is 9.59 Å². The van der Waals surface area contributed by atoms with Crippen LogP contribution in [0.4, 0.5) is 10.8 Å². The summed E-state index contributed by atoms with van der Waals surface area (Å²) in [6.07, 6.45) is 2.40. The van der Waals surface area contributed by atoms with Gasteiger partial charge in [0.2, 0.25) is 5.91 Å². The van der Waals surface area contributed by atoms with Crippen LogP contribution in [0.25, 0.3) is 0 Å². The maximum Gasteiger partial charge on any atom is 0.257 e. The Balaban J connectivity index is 2.06. The minimum atomic E-state index is -0.246. The third kappa shape index (κ3) is 4.13. The lowest BCUT2D eigenvalue weighted by Crippen LogP contribution is -2.20. The van der Waals surface area contributed by atoms with Crippen LogP contribution in [0.15, 0.2) is 35.8 Å². The third-order valence-corrected chi connectivity index (χ3v) is 3.79. The number of carbonyl (C=O) groups excluding carboxylic acids is 2. The maximum absolute atomic E-state index is 12.1. The van der Waals surface area contributed by atoms with Crippen molar-refractivity contribution in [2.24, 2.45) is 5.92 Å². The Bertz CT molecular complexity index is 626. The summed E-state index contributed by atoms with van der Waals surface area (Å²) in [5.41, 5.74) is 1.10. The molecule has 1 heterocycles. The standard InChI is InChI=1S/C15H17N3O2S/c1-3-10(2)13(19)17-12-6-4-5-11(9-12)14(20)18-15-16-7-8-21-15/h4-10H,3H2,1-2H3,(H,17,19)(H,16,18,20)/t10-/m1/s1. The number of nitrogens with zero attached hydrogens (tertiary/aromatic N) is 1. The topological polar surface area (TPSA) is 71.1 Å². The Morgan fingerprint density at radius 3 is 2.81 bits per heavy atom. The molecule has 0 radical (unpaired) electrons. The predicted octanol–water partition coefficient (Wildman–Crippen LogP) is 3.38. The molecule has 2 rings (SSSR count). The Morgan fingerprint density at radius 2 is 2.14 bits per heavy atom. The van der Waals surface area contributed by atoms with Gasteiger partial charge in [-0.05, 0) is 24.6 Å². The summed E-state index contributed by atoms with van der Waals surface area (Å²) in [4.78, 5) is 27.9. The third-order valence-electron chi connectivity index (χ3n) is 3.11. The first kappa shape index (κ1) is 15.2. The molecule has 110 valence electrons. The Labute approximate surface area is 127 Å². The lowest BCUT2D eigenvalue weighted by Gasteiger charge is -2.10. The first-order valence-electron chi connectivity index (χ1n) is 6.72. The number of benzene rings is 1. The summed E-state index contributed by atoms with van der Waals surface area (Å²) in [7, 11) is 0. The number of aromatic nitrogens is 1. The maximum atomic E-state index is 12.1. The summed E-state index contributed by atoms with van der Waals surface area (Å²) < 4.78 is 0. The van der Waals surface area contributed by atoms with Crippen LogP contribution in [0.2, 0.25) is 0 Å². The Hall–Kier alpha value is -2.21. The van der Waals surface area contributed by atoms with Gasteiger partial charge in [0.05, 0.1) is 0 Å². The molecular weight excluding hydrogens is 286 g/mol. The largest absolute Gasteiger partial charge is 0.326 e. The molecule has 2 amide bonds. The van der Waals surface area contributed by atoms with Gasteiger partial charge in [-0.25, -0.2) is 4.98 Å². The van der Waals surface area contributed by atoms with Crippen LogP contribution < -0.4 is 10.6 Å². The second kappa shape index (κ2) is 6.99. The van der Waals surface area contributed by atoms with E-state index in [-0.39, 0.29) is 17.7 Å². The van der Waals surface area contributed by atoms with Gasteiger partial charge in [0.1, 0.15) is 0 Å². The van der Waals surface area contributed by atoms with Gasteiger partial charge in [0, 0.05) is 28.7 Å². The molecule has 2 aromatic rings. The van der Waals surface area contributed by atoms with Crippen molar-refractivity contribution in [2.75, 3.05) is 10.6 Å². The quantitative estimate of drug-likeness (QED) is 0.889. The molecule has 0 unspecified atom stereocenters. The predicted molar refractivity (Wildman–Crippen MR) is 84.6 cm³/mol. The van der Waals surface area contributed by atoms with Gasteiger partial charge in [-0.2, -0.15) is 0 Å². The zero-order valence-electron chi connectivity index (χ0n) is 11.9. The smallest absolute Gasteiger partial charge is 0.257 e. The molecule has 5 nitrogen and oxygen atoms in total. The highest BCUT2D eigenvalue weighted by Crippen LogP contribution is 2.16. The van der Waals surface area contributed by atoms with Gasteiger partial charge in [-0.1, -0.05) is 19.9 Å². The van der Waals surface area contributed by atoms with Crippen LogP contribution >= 0.6 is 11.3 Å². The molecule has 0 aliphatic rings. The molecule has 0 bridgehead atoms. The van der Waals surface area contributed by atoms with Gasteiger partial charge in [0.15, 0.2) is 5.13 Å². The van der Waals surface area contributed by atoms with E-state index in [0.717, 1.165) is 6.42 Å². The van der Waals surface area contributed by atoms with E-state index in [1.807, 2.05) is 13.8 Å². The van der Waals surface area contributed by atoms with E-state index in [2.05, 4.69) is 15.6 Å². The number of anilines is 2. The van der Waals surface area contributed by atoms with Crippen LogP contribution in [-0.4, -0.2) is 16.8 Å². The molecule has 1 atom stereocenters. The number of nitrogens with one attached hydrogen (secondary N) is 2. The molecule has 0 spiro atoms. The molecule has 2 N–H and O–H groups in total.